The molecule has 4 aromatic carbocycles. The monoisotopic (exact) mass is 898 g/mol. The fraction of sp³-hybridized carbons (Fsp3) is 0.418. The molecule has 5 atom stereocenters. The number of alkyl carbamates (subject to hydrolysis) is 1. The number of Topliss-reactive ketones (excluding diaryl/α,β-unsaturated/α-hetero) is 1. The lowest BCUT2D eigenvalue weighted by atomic mass is 9.78. The van der Waals surface area contributed by atoms with Crippen molar-refractivity contribution in [3.63, 3.8) is 0 Å². The van der Waals surface area contributed by atoms with Crippen molar-refractivity contribution >= 4 is 45.7 Å². The van der Waals surface area contributed by atoms with E-state index < -0.39 is 18.2 Å². The maximum Gasteiger partial charge on any atom is 0.407 e. The number of nitrogens with zero attached hydrogens (tertiary/aromatic N) is 3. The van der Waals surface area contributed by atoms with Crippen LogP contribution in [-0.2, 0) is 30.3 Å². The highest BCUT2D eigenvalue weighted by Crippen LogP contribution is 2.46. The fourth-order valence-corrected chi connectivity index (χ4v) is 11.6. The Morgan fingerprint density at radius 1 is 0.806 bits per heavy atom. The van der Waals surface area contributed by atoms with Gasteiger partial charge in [0.2, 0.25) is 5.91 Å². The molecule has 12 heteroatoms. The van der Waals surface area contributed by atoms with Crippen LogP contribution in [0.3, 0.4) is 0 Å². The molecule has 3 aliphatic carbocycles. The Kier molecular flexibility index (Phi) is 11.8. The summed E-state index contributed by atoms with van der Waals surface area (Å²) < 4.78 is 10.5. The lowest BCUT2D eigenvalue weighted by Gasteiger charge is -2.33. The number of hydrogen-bond donors (Lipinski definition) is 3. The molecule has 4 fully saturated rings. The smallest absolute Gasteiger partial charge is 0.407 e. The van der Waals surface area contributed by atoms with Crippen LogP contribution in [0.5, 0.6) is 0 Å². The second-order valence-electron chi connectivity index (χ2n) is 19.5. The van der Waals surface area contributed by atoms with E-state index in [-0.39, 0.29) is 47.3 Å². The number of methoxy groups -OCH3 is 1. The van der Waals surface area contributed by atoms with Crippen molar-refractivity contribution in [1.82, 2.24) is 25.5 Å². The van der Waals surface area contributed by atoms with Gasteiger partial charge in [-0.1, -0.05) is 79.2 Å². The first-order valence-electron chi connectivity index (χ1n) is 24.4. The number of amides is 3. The third kappa shape index (κ3) is 8.60. The van der Waals surface area contributed by atoms with Crippen molar-refractivity contribution in [3.8, 4) is 22.4 Å². The molecule has 11 rings (SSSR count). The lowest BCUT2D eigenvalue weighted by molar-refractivity contribution is -0.134. The molecule has 3 amide bonds. The van der Waals surface area contributed by atoms with Gasteiger partial charge in [-0.15, -0.1) is 0 Å². The van der Waals surface area contributed by atoms with Crippen LogP contribution < -0.4 is 10.6 Å². The van der Waals surface area contributed by atoms with Crippen molar-refractivity contribution in [1.29, 1.82) is 0 Å². The van der Waals surface area contributed by atoms with Crippen LogP contribution in [0.15, 0.2) is 102 Å². The van der Waals surface area contributed by atoms with E-state index in [9.17, 15) is 19.2 Å². The molecule has 3 aliphatic heterocycles. The van der Waals surface area contributed by atoms with Crippen LogP contribution in [0.25, 0.3) is 38.7 Å². The molecule has 2 saturated carbocycles. The largest absolute Gasteiger partial charge is 0.453 e. The van der Waals surface area contributed by atoms with Gasteiger partial charge in [-0.3, -0.25) is 19.4 Å². The van der Waals surface area contributed by atoms with Crippen LogP contribution in [0, 0.1) is 23.7 Å². The Bertz CT molecular complexity index is 2800. The Morgan fingerprint density at radius 3 is 2.36 bits per heavy atom. The summed E-state index contributed by atoms with van der Waals surface area (Å²) in [5.74, 6) is 1.02. The van der Waals surface area contributed by atoms with Crippen LogP contribution >= 0.6 is 0 Å². The van der Waals surface area contributed by atoms with Gasteiger partial charge in [0, 0.05) is 60.9 Å². The van der Waals surface area contributed by atoms with Crippen molar-refractivity contribution < 1.29 is 28.7 Å². The van der Waals surface area contributed by atoms with Gasteiger partial charge in [0.25, 0.3) is 5.91 Å². The van der Waals surface area contributed by atoms with Crippen LogP contribution in [0.4, 0.5) is 4.79 Å². The third-order valence-corrected chi connectivity index (χ3v) is 15.4. The summed E-state index contributed by atoms with van der Waals surface area (Å²) in [6, 6.07) is 27.6. The second kappa shape index (κ2) is 18.4. The predicted molar refractivity (Wildman–Crippen MR) is 257 cm³/mol. The average Bonchev–Trinajstić information content (AvgIpc) is 3.78. The van der Waals surface area contributed by atoms with E-state index in [4.69, 9.17) is 19.5 Å². The zero-order chi connectivity index (χ0) is 45.6. The maximum atomic E-state index is 14.4. The number of aryl methyl sites for hydroxylation is 1. The molecule has 2 saturated heterocycles. The molecule has 4 heterocycles. The minimum Gasteiger partial charge on any atom is -0.453 e. The third-order valence-electron chi connectivity index (χ3n) is 15.4. The van der Waals surface area contributed by atoms with Crippen molar-refractivity contribution in [3.05, 3.63) is 119 Å². The number of ether oxygens (including phenoxy) is 2. The molecular formula is C55H58N6O6. The number of likely N-dealkylation sites (tertiary alicyclic amines) is 1. The molecule has 0 bridgehead atoms. The first-order chi connectivity index (χ1) is 32.8. The molecule has 5 aromatic rings. The summed E-state index contributed by atoms with van der Waals surface area (Å²) in [6.45, 7) is 1.86. The van der Waals surface area contributed by atoms with Gasteiger partial charge in [0.1, 0.15) is 11.9 Å². The van der Waals surface area contributed by atoms with Crippen LogP contribution in [-0.4, -0.2) is 77.2 Å². The number of H-pyrrole nitrogens is 1. The first kappa shape index (κ1) is 43.2. The number of ketones is 1. The summed E-state index contributed by atoms with van der Waals surface area (Å²) in [5, 5.41) is 8.24. The van der Waals surface area contributed by atoms with E-state index in [0.29, 0.717) is 25.3 Å². The molecule has 3 N–H and O–H groups in total. The number of fused-ring (bicyclic) bond motifs is 3. The summed E-state index contributed by atoms with van der Waals surface area (Å²) in [7, 11) is 1.29. The number of carbonyl (C=O) groups excluding carboxylic acids is 4. The number of carbonyl (C=O) groups is 4. The maximum absolute atomic E-state index is 14.4. The zero-order valence-electron chi connectivity index (χ0n) is 38.1. The van der Waals surface area contributed by atoms with E-state index in [1.165, 1.54) is 35.1 Å². The normalized spacial score (nSPS) is 22.5. The predicted octanol–water partition coefficient (Wildman–Crippen LogP) is 9.47. The minimum absolute atomic E-state index is 0.0551. The van der Waals surface area contributed by atoms with Gasteiger partial charge in [-0.2, -0.15) is 0 Å². The zero-order valence-corrected chi connectivity index (χ0v) is 38.1. The van der Waals surface area contributed by atoms with Gasteiger partial charge in [-0.05, 0) is 126 Å². The Labute approximate surface area is 391 Å². The molecule has 6 aliphatic rings. The number of allylic oxidation sites excluding steroid dienone is 2. The van der Waals surface area contributed by atoms with Gasteiger partial charge < -0.3 is 30.0 Å². The average molecular weight is 899 g/mol. The Hall–Kier alpha value is -6.40. The van der Waals surface area contributed by atoms with Gasteiger partial charge in [0.05, 0.1) is 31.1 Å². The molecular weight excluding hydrogens is 841 g/mol. The number of aliphatic imine (C=N–C) groups is 1. The van der Waals surface area contributed by atoms with Crippen molar-refractivity contribution in [2.75, 3.05) is 26.9 Å². The Morgan fingerprint density at radius 2 is 1.57 bits per heavy atom. The summed E-state index contributed by atoms with van der Waals surface area (Å²) in [5.41, 5.74) is 11.2. The SMILES string of the molecule is COC(=O)N[C@@H](C(=O)N1CCC[C@H]1c1ncc(-c2ccc3cc(-c4ccc5c(c4)CCC4=C5CC([C@@H]5CCCC5C(=O)[C@@H](NC(=O)C5CC5)C5CCOCC5)=N4)ccc3c2)[nH]1)c1ccccc1. The summed E-state index contributed by atoms with van der Waals surface area (Å²) in [4.78, 5) is 69.2. The highest BCUT2D eigenvalue weighted by Gasteiger charge is 2.45. The van der Waals surface area contributed by atoms with Crippen molar-refractivity contribution in [2.45, 2.75) is 95.2 Å². The fourth-order valence-electron chi connectivity index (χ4n) is 11.6. The molecule has 12 nitrogen and oxygen atoms in total. The second-order valence-corrected chi connectivity index (χ2v) is 19.5. The van der Waals surface area contributed by atoms with Gasteiger partial charge in [-0.25, -0.2) is 9.78 Å². The van der Waals surface area contributed by atoms with E-state index in [1.54, 1.807) is 0 Å². The number of rotatable bonds is 12. The highest BCUT2D eigenvalue weighted by molar-refractivity contribution is 6.05. The quantitative estimate of drug-likeness (QED) is 0.113. The minimum atomic E-state index is -0.874. The van der Waals surface area contributed by atoms with Crippen LogP contribution in [0.1, 0.15) is 105 Å². The number of nitrogens with one attached hydrogen (secondary N) is 3. The number of aromatic nitrogens is 2. The van der Waals surface area contributed by atoms with Crippen LogP contribution in [0.2, 0.25) is 0 Å². The molecule has 0 radical (unpaired) electrons. The molecule has 1 aromatic heterocycles. The van der Waals surface area contributed by atoms with E-state index in [2.05, 4.69) is 70.2 Å². The number of aromatic amines is 1. The Balaban J connectivity index is 0.766. The molecule has 67 heavy (non-hydrogen) atoms. The van der Waals surface area contributed by atoms with Crippen molar-refractivity contribution in [2.24, 2.45) is 28.7 Å². The van der Waals surface area contributed by atoms with E-state index in [0.717, 1.165) is 116 Å². The summed E-state index contributed by atoms with van der Waals surface area (Å²) in [6.07, 6.45) is 11.7. The first-order valence-corrected chi connectivity index (χ1v) is 24.4. The standard InChI is InChI=1S/C55H58N6O6/c1-66-55(65)60-50(32-7-3-2-4-8-32)54(64)61-24-6-11-48(61)52-56-31-47(58-52)40-17-16-36-27-35(14-15-37(36)29-40)38-18-20-41-39(28-38)19-21-45-44(41)30-46(57-45)42-9-5-10-43(42)51(62)49(33-22-25-67-26-23-33)59-53(63)34-12-13-34/h2-4,7-8,14-18,20,27-29,31,33-34,42-43,48-50H,5-6,9-13,19,21-26,30H2,1H3,(H,56,58)(H,59,63)(H,60,65)/t42-,43?,48+,49+,50-/m1/s1. The molecule has 1 unspecified atom stereocenters. The lowest BCUT2D eigenvalue weighted by Crippen LogP contribution is -2.51. The number of hydrogen-bond acceptors (Lipinski definition) is 8. The number of benzene rings is 4. The molecule has 344 valence electrons. The van der Waals surface area contributed by atoms with E-state index in [1.807, 2.05) is 41.4 Å². The summed E-state index contributed by atoms with van der Waals surface area (Å²) >= 11 is 0. The van der Waals surface area contributed by atoms with E-state index >= 15 is 0 Å². The highest BCUT2D eigenvalue weighted by atomic mass is 16.5. The number of imidazole rings is 1. The van der Waals surface area contributed by atoms with Gasteiger partial charge >= 0.3 is 6.09 Å². The molecule has 0 spiro atoms. The van der Waals surface area contributed by atoms with Gasteiger partial charge in [0.15, 0.2) is 5.78 Å². The topological polar surface area (TPSA) is 155 Å².